The van der Waals surface area contributed by atoms with E-state index in [2.05, 4.69) is 10.3 Å². The number of fused-ring (bicyclic) bond motifs is 1. The van der Waals surface area contributed by atoms with E-state index >= 15 is 0 Å². The lowest BCUT2D eigenvalue weighted by atomic mass is 10.2. The standard InChI is InChI=1S/C14H14N4O4S/c1-8-16-10-7-9(3-4-11(10)18(8)2)17-14(19)12-5-6-13(22-12)23(15,20)21/h3-7H,1-2H3,(H,17,19)(H2,15,20,21). The van der Waals surface area contributed by atoms with Gasteiger partial charge in [-0.15, -0.1) is 0 Å². The number of hydrogen-bond donors (Lipinski definition) is 2. The molecule has 0 fully saturated rings. The Morgan fingerprint density at radius 1 is 1.30 bits per heavy atom. The van der Waals surface area contributed by atoms with Gasteiger partial charge in [0.1, 0.15) is 5.82 Å². The van der Waals surface area contributed by atoms with E-state index in [4.69, 9.17) is 9.56 Å². The van der Waals surface area contributed by atoms with Gasteiger partial charge in [-0.2, -0.15) is 0 Å². The van der Waals surface area contributed by atoms with Gasteiger partial charge in [0.15, 0.2) is 5.76 Å². The number of carbonyl (C=O) groups is 1. The normalized spacial score (nSPS) is 11.8. The van der Waals surface area contributed by atoms with E-state index in [1.54, 1.807) is 12.1 Å². The number of primary sulfonamides is 1. The molecule has 120 valence electrons. The summed E-state index contributed by atoms with van der Waals surface area (Å²) in [5.41, 5.74) is 2.21. The molecule has 1 aromatic carbocycles. The minimum absolute atomic E-state index is 0.147. The van der Waals surface area contributed by atoms with E-state index in [0.29, 0.717) is 5.69 Å². The van der Waals surface area contributed by atoms with Gasteiger partial charge in [-0.1, -0.05) is 0 Å². The average molecular weight is 334 g/mol. The lowest BCUT2D eigenvalue weighted by Gasteiger charge is -2.03. The molecule has 8 nitrogen and oxygen atoms in total. The summed E-state index contributed by atoms with van der Waals surface area (Å²) in [6.45, 7) is 1.88. The molecule has 0 bridgehead atoms. The zero-order chi connectivity index (χ0) is 16.8. The van der Waals surface area contributed by atoms with Crippen LogP contribution in [0.4, 0.5) is 5.69 Å². The largest absolute Gasteiger partial charge is 0.438 e. The summed E-state index contributed by atoms with van der Waals surface area (Å²) in [6, 6.07) is 7.67. The molecule has 9 heteroatoms. The fraction of sp³-hybridized carbons (Fsp3) is 0.143. The van der Waals surface area contributed by atoms with Crippen molar-refractivity contribution in [3.05, 3.63) is 41.9 Å². The first-order valence-electron chi connectivity index (χ1n) is 6.63. The first-order chi connectivity index (χ1) is 10.8. The number of nitrogens with one attached hydrogen (secondary N) is 1. The van der Waals surface area contributed by atoms with Crippen LogP contribution < -0.4 is 10.5 Å². The highest BCUT2D eigenvalue weighted by atomic mass is 32.2. The highest BCUT2D eigenvalue weighted by Gasteiger charge is 2.18. The Hall–Kier alpha value is -2.65. The number of nitrogens with zero attached hydrogens (tertiary/aromatic N) is 2. The Bertz CT molecular complexity index is 1020. The van der Waals surface area contributed by atoms with Crippen molar-refractivity contribution in [2.24, 2.45) is 12.2 Å². The second kappa shape index (κ2) is 5.21. The van der Waals surface area contributed by atoms with Gasteiger partial charge >= 0.3 is 0 Å². The summed E-state index contributed by atoms with van der Waals surface area (Å²) in [6.07, 6.45) is 0. The average Bonchev–Trinajstić information content (AvgIpc) is 3.05. The number of amides is 1. The minimum atomic E-state index is -3.98. The van der Waals surface area contributed by atoms with Gasteiger partial charge in [-0.25, -0.2) is 18.5 Å². The molecule has 0 aliphatic rings. The number of aryl methyl sites for hydroxylation is 2. The Morgan fingerprint density at radius 3 is 2.70 bits per heavy atom. The summed E-state index contributed by atoms with van der Waals surface area (Å²) in [5, 5.41) is 7.10. The topological polar surface area (TPSA) is 120 Å². The summed E-state index contributed by atoms with van der Waals surface area (Å²) in [5.74, 6) is 0.130. The second-order valence-corrected chi connectivity index (χ2v) is 6.53. The molecule has 3 aromatic rings. The molecule has 0 radical (unpaired) electrons. The van der Waals surface area contributed by atoms with Gasteiger partial charge in [0.05, 0.1) is 11.0 Å². The molecule has 0 unspecified atom stereocenters. The van der Waals surface area contributed by atoms with Gasteiger partial charge in [0.2, 0.25) is 5.09 Å². The Kier molecular flexibility index (Phi) is 3.46. The summed E-state index contributed by atoms with van der Waals surface area (Å²) >= 11 is 0. The molecule has 3 rings (SSSR count). The van der Waals surface area contributed by atoms with Crippen LogP contribution in [0, 0.1) is 6.92 Å². The number of carbonyl (C=O) groups excluding carboxylic acids is 1. The molecule has 0 spiro atoms. The van der Waals surface area contributed by atoms with Crippen LogP contribution in [0.25, 0.3) is 11.0 Å². The van der Waals surface area contributed by atoms with Crippen LogP contribution in [0.15, 0.2) is 39.8 Å². The Balaban J connectivity index is 1.86. The van der Waals surface area contributed by atoms with E-state index in [9.17, 15) is 13.2 Å². The number of anilines is 1. The minimum Gasteiger partial charge on any atom is -0.438 e. The molecule has 23 heavy (non-hydrogen) atoms. The molecule has 1 amide bonds. The van der Waals surface area contributed by atoms with Crippen LogP contribution in [0.2, 0.25) is 0 Å². The van der Waals surface area contributed by atoms with Crippen LogP contribution in [0.1, 0.15) is 16.4 Å². The lowest BCUT2D eigenvalue weighted by molar-refractivity contribution is 0.0991. The van der Waals surface area contributed by atoms with Gasteiger partial charge < -0.3 is 14.3 Å². The van der Waals surface area contributed by atoms with Crippen LogP contribution >= 0.6 is 0 Å². The molecule has 0 aliphatic heterocycles. The molecule has 0 saturated heterocycles. The third-order valence-electron chi connectivity index (χ3n) is 3.45. The van der Waals surface area contributed by atoms with Crippen LogP contribution in [-0.4, -0.2) is 23.9 Å². The molecule has 2 heterocycles. The Labute approximate surface area is 132 Å². The van der Waals surface area contributed by atoms with Crippen LogP contribution in [0.3, 0.4) is 0 Å². The van der Waals surface area contributed by atoms with Gasteiger partial charge in [0.25, 0.3) is 15.9 Å². The zero-order valence-electron chi connectivity index (χ0n) is 12.4. The van der Waals surface area contributed by atoms with Gasteiger partial charge in [-0.05, 0) is 37.3 Å². The number of hydrogen-bond acceptors (Lipinski definition) is 5. The van der Waals surface area contributed by atoms with E-state index in [1.165, 1.54) is 6.07 Å². The smallest absolute Gasteiger partial charge is 0.291 e. The first kappa shape index (κ1) is 15.3. The molecular weight excluding hydrogens is 320 g/mol. The fourth-order valence-electron chi connectivity index (χ4n) is 2.19. The van der Waals surface area contributed by atoms with Crippen molar-refractivity contribution in [3.8, 4) is 0 Å². The molecule has 0 saturated carbocycles. The highest BCUT2D eigenvalue weighted by Crippen LogP contribution is 2.20. The summed E-state index contributed by atoms with van der Waals surface area (Å²) in [7, 11) is -2.08. The van der Waals surface area contributed by atoms with Gasteiger partial charge in [-0.3, -0.25) is 4.79 Å². The number of imidazole rings is 1. The zero-order valence-corrected chi connectivity index (χ0v) is 13.2. The molecule has 3 N–H and O–H groups in total. The highest BCUT2D eigenvalue weighted by molar-refractivity contribution is 7.89. The Morgan fingerprint density at radius 2 is 2.04 bits per heavy atom. The van der Waals surface area contributed by atoms with Crippen molar-refractivity contribution in [1.82, 2.24) is 9.55 Å². The number of sulfonamides is 1. The number of aromatic nitrogens is 2. The number of nitrogens with two attached hydrogens (primary N) is 1. The predicted octanol–water partition coefficient (Wildman–Crippen LogP) is 1.37. The molecular formula is C14H14N4O4S. The maximum absolute atomic E-state index is 12.1. The quantitative estimate of drug-likeness (QED) is 0.749. The van der Waals surface area contributed by atoms with Crippen LogP contribution in [0.5, 0.6) is 0 Å². The number of furan rings is 1. The van der Waals surface area contributed by atoms with E-state index in [1.807, 2.05) is 24.6 Å². The van der Waals surface area contributed by atoms with Crippen LogP contribution in [-0.2, 0) is 17.1 Å². The lowest BCUT2D eigenvalue weighted by Crippen LogP contribution is -2.12. The summed E-state index contributed by atoms with van der Waals surface area (Å²) < 4.78 is 29.2. The van der Waals surface area contributed by atoms with E-state index < -0.39 is 21.0 Å². The van der Waals surface area contributed by atoms with Gasteiger partial charge in [0, 0.05) is 12.7 Å². The predicted molar refractivity (Wildman–Crippen MR) is 83.5 cm³/mol. The van der Waals surface area contributed by atoms with Crippen molar-refractivity contribution < 1.29 is 17.6 Å². The monoisotopic (exact) mass is 334 g/mol. The first-order valence-corrected chi connectivity index (χ1v) is 8.17. The van der Waals surface area contributed by atoms with E-state index in [-0.39, 0.29) is 5.76 Å². The van der Waals surface area contributed by atoms with E-state index in [0.717, 1.165) is 22.9 Å². The SMILES string of the molecule is Cc1nc2cc(NC(=O)c3ccc(S(N)(=O)=O)o3)ccc2n1C. The maximum atomic E-state index is 12.1. The van der Waals surface area contributed by atoms with Crippen molar-refractivity contribution in [2.45, 2.75) is 12.0 Å². The molecule has 0 atom stereocenters. The second-order valence-electron chi connectivity index (χ2n) is 5.04. The van der Waals surface area contributed by atoms with Crippen molar-refractivity contribution in [2.75, 3.05) is 5.32 Å². The molecule has 2 aromatic heterocycles. The third-order valence-corrected chi connectivity index (χ3v) is 4.23. The maximum Gasteiger partial charge on any atom is 0.291 e. The summed E-state index contributed by atoms with van der Waals surface area (Å²) in [4.78, 5) is 16.5. The molecule has 0 aliphatic carbocycles. The van der Waals surface area contributed by atoms with Crippen molar-refractivity contribution in [3.63, 3.8) is 0 Å². The third kappa shape index (κ3) is 2.83. The van der Waals surface area contributed by atoms with Crippen molar-refractivity contribution in [1.29, 1.82) is 0 Å². The fourth-order valence-corrected chi connectivity index (χ4v) is 2.65. The number of rotatable bonds is 3. The van der Waals surface area contributed by atoms with Crippen molar-refractivity contribution >= 4 is 32.7 Å². The number of benzene rings is 1.